The lowest BCUT2D eigenvalue weighted by atomic mass is 9.92. The van der Waals surface area contributed by atoms with Crippen LogP contribution in [0, 0.1) is 17.0 Å². The third-order valence-corrected chi connectivity index (χ3v) is 8.38. The number of aromatic nitrogens is 1. The van der Waals surface area contributed by atoms with Crippen molar-refractivity contribution >= 4 is 29.1 Å². The molecular weight excluding hydrogens is 566 g/mol. The van der Waals surface area contributed by atoms with E-state index in [0.29, 0.717) is 50.0 Å². The molecule has 0 unspecified atom stereocenters. The van der Waals surface area contributed by atoms with Gasteiger partial charge in [-0.3, -0.25) is 19.5 Å². The fraction of sp³-hybridized carbons (Fsp3) is 0.303. The summed E-state index contributed by atoms with van der Waals surface area (Å²) in [4.78, 5) is 43.4. The molecule has 0 saturated carbocycles. The van der Waals surface area contributed by atoms with Gasteiger partial charge >= 0.3 is 5.97 Å². The summed E-state index contributed by atoms with van der Waals surface area (Å²) in [5.41, 5.74) is 4.11. The second kappa shape index (κ2) is 12.3. The molecule has 0 saturated heterocycles. The van der Waals surface area contributed by atoms with E-state index in [0.717, 1.165) is 23.1 Å². The zero-order valence-electron chi connectivity index (χ0n) is 24.7. The molecule has 1 aliphatic rings. The van der Waals surface area contributed by atoms with E-state index in [1.807, 2.05) is 31.2 Å². The number of aryl methyl sites for hydroxylation is 1. The Balaban J connectivity index is 1.64. The average Bonchev–Trinajstić information content (AvgIpc) is 3.56. The first-order chi connectivity index (χ1) is 20.6. The molecule has 0 bridgehead atoms. The summed E-state index contributed by atoms with van der Waals surface area (Å²) in [6.07, 6.45) is 3.00. The van der Waals surface area contributed by atoms with Gasteiger partial charge in [0.05, 0.1) is 33.4 Å². The van der Waals surface area contributed by atoms with Gasteiger partial charge in [0.2, 0.25) is 0 Å². The standard InChI is InChI=1S/C33H33N3O6S/c1-6-8-26-29(32(38)41-7-2)30(22-11-9-21(10-12-22)19(3)4)35-31(37)28(43-33(35)34-26)18-24-14-16-27(42-24)25-15-13-23(36(39)40)17-20(25)5/h9-19,30H,6-8H2,1-5H3/b28-18-/t30-/m0/s1. The van der Waals surface area contributed by atoms with Crippen molar-refractivity contribution in [1.29, 1.82) is 0 Å². The van der Waals surface area contributed by atoms with E-state index in [1.165, 1.54) is 23.5 Å². The molecule has 43 heavy (non-hydrogen) atoms. The van der Waals surface area contributed by atoms with Crippen molar-refractivity contribution in [2.45, 2.75) is 59.4 Å². The Kier molecular flexibility index (Phi) is 8.59. The highest BCUT2D eigenvalue weighted by atomic mass is 32.1. The first-order valence-electron chi connectivity index (χ1n) is 14.3. The van der Waals surface area contributed by atoms with Gasteiger partial charge in [0.25, 0.3) is 11.2 Å². The normalized spacial score (nSPS) is 15.0. The number of rotatable bonds is 9. The maximum absolute atomic E-state index is 14.0. The van der Waals surface area contributed by atoms with Crippen molar-refractivity contribution in [1.82, 2.24) is 4.57 Å². The van der Waals surface area contributed by atoms with Crippen molar-refractivity contribution in [2.75, 3.05) is 6.61 Å². The fourth-order valence-corrected chi connectivity index (χ4v) is 6.24. The van der Waals surface area contributed by atoms with Crippen LogP contribution in [0.3, 0.4) is 0 Å². The zero-order valence-corrected chi connectivity index (χ0v) is 25.6. The molecule has 3 heterocycles. The summed E-state index contributed by atoms with van der Waals surface area (Å²) in [7, 11) is 0. The molecule has 1 atom stereocenters. The number of furan rings is 1. The Morgan fingerprint density at radius 2 is 1.91 bits per heavy atom. The molecule has 1 aliphatic heterocycles. The van der Waals surface area contributed by atoms with E-state index in [1.54, 1.807) is 42.7 Å². The van der Waals surface area contributed by atoms with Gasteiger partial charge in [-0.2, -0.15) is 0 Å². The Bertz CT molecular complexity index is 1910. The Morgan fingerprint density at radius 3 is 2.53 bits per heavy atom. The van der Waals surface area contributed by atoms with Crippen LogP contribution >= 0.6 is 11.3 Å². The number of nitro benzene ring substituents is 1. The van der Waals surface area contributed by atoms with Crippen LogP contribution in [0.4, 0.5) is 5.69 Å². The molecule has 4 aromatic rings. The van der Waals surface area contributed by atoms with Crippen molar-refractivity contribution in [2.24, 2.45) is 4.99 Å². The van der Waals surface area contributed by atoms with E-state index in [2.05, 4.69) is 13.8 Å². The molecular formula is C33H33N3O6S. The lowest BCUT2D eigenvalue weighted by Gasteiger charge is -2.26. The fourth-order valence-electron chi connectivity index (χ4n) is 5.24. The van der Waals surface area contributed by atoms with Crippen LogP contribution < -0.4 is 14.9 Å². The highest BCUT2D eigenvalue weighted by Crippen LogP contribution is 2.33. The number of hydrogen-bond donors (Lipinski definition) is 0. The van der Waals surface area contributed by atoms with Crippen molar-refractivity contribution < 1.29 is 18.9 Å². The van der Waals surface area contributed by atoms with E-state index in [4.69, 9.17) is 14.1 Å². The van der Waals surface area contributed by atoms with Crippen LogP contribution in [0.5, 0.6) is 0 Å². The molecule has 0 amide bonds. The Morgan fingerprint density at radius 1 is 1.16 bits per heavy atom. The molecule has 5 rings (SSSR count). The van der Waals surface area contributed by atoms with Crippen LogP contribution in [0.2, 0.25) is 0 Å². The van der Waals surface area contributed by atoms with Crippen LogP contribution in [0.25, 0.3) is 17.4 Å². The quantitative estimate of drug-likeness (QED) is 0.129. The van der Waals surface area contributed by atoms with Gasteiger partial charge in [0, 0.05) is 23.8 Å². The van der Waals surface area contributed by atoms with Crippen LogP contribution in [0.15, 0.2) is 80.1 Å². The van der Waals surface area contributed by atoms with Gasteiger partial charge in [-0.05, 0) is 61.1 Å². The number of esters is 1. The number of hydrogen-bond acceptors (Lipinski definition) is 8. The van der Waals surface area contributed by atoms with E-state index >= 15 is 0 Å². The first kappa shape index (κ1) is 29.9. The van der Waals surface area contributed by atoms with Gasteiger partial charge in [-0.1, -0.05) is 62.8 Å². The molecule has 222 valence electrons. The van der Waals surface area contributed by atoms with Crippen molar-refractivity contribution in [3.05, 3.63) is 118 Å². The lowest BCUT2D eigenvalue weighted by molar-refractivity contribution is -0.384. The van der Waals surface area contributed by atoms with E-state index < -0.39 is 16.9 Å². The highest BCUT2D eigenvalue weighted by molar-refractivity contribution is 7.07. The van der Waals surface area contributed by atoms with Gasteiger partial charge in [-0.15, -0.1) is 0 Å². The minimum atomic E-state index is -0.685. The number of carbonyl (C=O) groups excluding carboxylic acids is 1. The second-order valence-corrected chi connectivity index (χ2v) is 11.7. The summed E-state index contributed by atoms with van der Waals surface area (Å²) in [6.45, 7) is 10.0. The van der Waals surface area contributed by atoms with Crippen molar-refractivity contribution in [3.8, 4) is 11.3 Å². The Labute approximate surface area is 252 Å². The minimum Gasteiger partial charge on any atom is -0.463 e. The van der Waals surface area contributed by atoms with E-state index in [9.17, 15) is 19.7 Å². The lowest BCUT2D eigenvalue weighted by Crippen LogP contribution is -2.40. The molecule has 2 aromatic carbocycles. The number of non-ortho nitro benzene ring substituents is 1. The van der Waals surface area contributed by atoms with E-state index in [-0.39, 0.29) is 17.9 Å². The maximum Gasteiger partial charge on any atom is 0.338 e. The van der Waals surface area contributed by atoms with Crippen LogP contribution in [-0.2, 0) is 9.53 Å². The molecule has 0 aliphatic carbocycles. The Hall–Kier alpha value is -4.57. The predicted molar refractivity (Wildman–Crippen MR) is 166 cm³/mol. The largest absolute Gasteiger partial charge is 0.463 e. The number of nitro groups is 1. The monoisotopic (exact) mass is 599 g/mol. The third kappa shape index (κ3) is 5.87. The van der Waals surface area contributed by atoms with Crippen molar-refractivity contribution in [3.63, 3.8) is 0 Å². The summed E-state index contributed by atoms with van der Waals surface area (Å²) >= 11 is 1.24. The summed E-state index contributed by atoms with van der Waals surface area (Å²) < 4.78 is 13.5. The maximum atomic E-state index is 14.0. The SMILES string of the molecule is CCCC1=C(C(=O)OCC)[C@H](c2ccc(C(C)C)cc2)n2c(s/c(=C\c3ccc(-c4ccc([N+](=O)[O-])cc4C)o3)c2=O)=N1. The number of ether oxygens (including phenoxy) is 1. The molecule has 0 spiro atoms. The number of thiazole rings is 1. The van der Waals surface area contributed by atoms with Gasteiger partial charge < -0.3 is 9.15 Å². The highest BCUT2D eigenvalue weighted by Gasteiger charge is 2.34. The first-order valence-corrected chi connectivity index (χ1v) is 15.1. The molecule has 0 radical (unpaired) electrons. The summed E-state index contributed by atoms with van der Waals surface area (Å²) in [6, 6.07) is 15.4. The molecule has 10 heteroatoms. The van der Waals surface area contributed by atoms with Gasteiger partial charge in [0.15, 0.2) is 4.80 Å². The third-order valence-electron chi connectivity index (χ3n) is 7.40. The van der Waals surface area contributed by atoms with Crippen LogP contribution in [-0.4, -0.2) is 22.1 Å². The number of nitrogens with zero attached hydrogens (tertiary/aromatic N) is 3. The number of allylic oxidation sites excluding steroid dienone is 1. The second-order valence-electron chi connectivity index (χ2n) is 10.7. The smallest absolute Gasteiger partial charge is 0.338 e. The van der Waals surface area contributed by atoms with Gasteiger partial charge in [-0.25, -0.2) is 9.79 Å². The predicted octanol–water partition coefficient (Wildman–Crippen LogP) is 6.18. The number of fused-ring (bicyclic) bond motifs is 1. The average molecular weight is 600 g/mol. The molecule has 9 nitrogen and oxygen atoms in total. The van der Waals surface area contributed by atoms with Gasteiger partial charge in [0.1, 0.15) is 11.5 Å². The number of carbonyl (C=O) groups is 1. The molecule has 2 aromatic heterocycles. The molecule has 0 N–H and O–H groups in total. The summed E-state index contributed by atoms with van der Waals surface area (Å²) in [5, 5.41) is 11.1. The van der Waals surface area contributed by atoms with Crippen LogP contribution in [0.1, 0.15) is 74.9 Å². The number of benzene rings is 2. The zero-order chi connectivity index (χ0) is 30.8. The minimum absolute atomic E-state index is 0.00664. The summed E-state index contributed by atoms with van der Waals surface area (Å²) in [5.74, 6) is 0.842. The molecule has 0 fully saturated rings. The topological polar surface area (TPSA) is 117 Å².